The fraction of sp³-hybridized carbons (Fsp3) is 0.226. The van der Waals surface area contributed by atoms with Gasteiger partial charge in [0, 0.05) is 73.2 Å². The number of nitrogens with zero attached hydrogens (tertiary/aromatic N) is 4. The number of benzene rings is 3. The Bertz CT molecular complexity index is 1840. The van der Waals surface area contributed by atoms with E-state index in [1.807, 2.05) is 54.3 Å². The molecule has 208 valence electrons. The lowest BCUT2D eigenvalue weighted by Crippen LogP contribution is -2.47. The van der Waals surface area contributed by atoms with E-state index in [1.54, 1.807) is 30.1 Å². The van der Waals surface area contributed by atoms with E-state index in [0.29, 0.717) is 41.2 Å². The van der Waals surface area contributed by atoms with Gasteiger partial charge in [0.15, 0.2) is 5.82 Å². The summed E-state index contributed by atoms with van der Waals surface area (Å²) in [6.45, 7) is 4.99. The molecule has 0 bridgehead atoms. The molecule has 0 atom stereocenters. The fourth-order valence-electron chi connectivity index (χ4n) is 5.59. The number of carbonyl (C=O) groups excluding carboxylic acids is 3. The standard InChI is InChI=1S/C31H31N7O3/c1-18-20(5-4-6-24(18)35-30(40)29-33-11-12-37(29)3)21-9-10-23(28(32)39)27-26(21)22-8-7-19(17-25(22)34-27)31(41)38-15-13-36(2)14-16-38/h4-12,17,34H,13-16H2,1-3H3,(H2,32,39)(H,35,40). The van der Waals surface area contributed by atoms with Gasteiger partial charge in [-0.25, -0.2) is 4.98 Å². The number of piperazine rings is 1. The van der Waals surface area contributed by atoms with E-state index in [-0.39, 0.29) is 11.8 Å². The number of imidazole rings is 1. The molecule has 0 aliphatic carbocycles. The van der Waals surface area contributed by atoms with Crippen molar-refractivity contribution < 1.29 is 14.4 Å². The Balaban J connectivity index is 1.45. The van der Waals surface area contributed by atoms with Gasteiger partial charge in [0.25, 0.3) is 17.7 Å². The maximum atomic E-state index is 13.3. The van der Waals surface area contributed by atoms with Crippen LogP contribution in [0.1, 0.15) is 36.9 Å². The molecule has 0 saturated carbocycles. The number of amides is 3. The van der Waals surface area contributed by atoms with Crippen molar-refractivity contribution in [2.24, 2.45) is 12.8 Å². The summed E-state index contributed by atoms with van der Waals surface area (Å²) in [5.74, 6) is -0.561. The van der Waals surface area contributed by atoms with Crippen LogP contribution >= 0.6 is 0 Å². The zero-order chi connectivity index (χ0) is 28.8. The van der Waals surface area contributed by atoms with Crippen molar-refractivity contribution in [1.29, 1.82) is 0 Å². The highest BCUT2D eigenvalue weighted by atomic mass is 16.2. The zero-order valence-electron chi connectivity index (χ0n) is 23.2. The van der Waals surface area contributed by atoms with Crippen LogP contribution in [0, 0.1) is 6.92 Å². The topological polar surface area (TPSA) is 129 Å². The number of hydrogen-bond acceptors (Lipinski definition) is 5. The molecule has 3 heterocycles. The van der Waals surface area contributed by atoms with Crippen molar-refractivity contribution in [2.45, 2.75) is 6.92 Å². The van der Waals surface area contributed by atoms with Crippen molar-refractivity contribution in [3.05, 3.63) is 83.4 Å². The second kappa shape index (κ2) is 10.2. The summed E-state index contributed by atoms with van der Waals surface area (Å²) in [6, 6.07) is 14.9. The first-order valence-corrected chi connectivity index (χ1v) is 13.5. The molecule has 0 spiro atoms. The van der Waals surface area contributed by atoms with Crippen molar-refractivity contribution in [3.8, 4) is 11.1 Å². The number of hydrogen-bond donors (Lipinski definition) is 3. The Kier molecular flexibility index (Phi) is 6.55. The highest BCUT2D eigenvalue weighted by Gasteiger charge is 2.23. The number of primary amides is 1. The third kappa shape index (κ3) is 4.62. The Labute approximate surface area is 236 Å². The van der Waals surface area contributed by atoms with E-state index in [1.165, 1.54) is 0 Å². The summed E-state index contributed by atoms with van der Waals surface area (Å²) in [4.78, 5) is 50.2. The molecule has 41 heavy (non-hydrogen) atoms. The quantitative estimate of drug-likeness (QED) is 0.307. The van der Waals surface area contributed by atoms with Gasteiger partial charge in [-0.2, -0.15) is 0 Å². The van der Waals surface area contributed by atoms with E-state index >= 15 is 0 Å². The summed E-state index contributed by atoms with van der Waals surface area (Å²) in [7, 11) is 3.82. The minimum atomic E-state index is -0.547. The average molecular weight is 550 g/mol. The molecule has 4 N–H and O–H groups in total. The van der Waals surface area contributed by atoms with Crippen LogP contribution in [0.5, 0.6) is 0 Å². The van der Waals surface area contributed by atoms with Crippen LogP contribution in [0.2, 0.25) is 0 Å². The van der Waals surface area contributed by atoms with E-state index in [4.69, 9.17) is 5.73 Å². The number of anilines is 1. The van der Waals surface area contributed by atoms with Crippen LogP contribution in [0.3, 0.4) is 0 Å². The van der Waals surface area contributed by atoms with E-state index < -0.39 is 5.91 Å². The van der Waals surface area contributed by atoms with Gasteiger partial charge in [-0.05, 0) is 54.9 Å². The van der Waals surface area contributed by atoms with Crippen LogP contribution < -0.4 is 11.1 Å². The van der Waals surface area contributed by atoms with Gasteiger partial charge in [-0.15, -0.1) is 0 Å². The van der Waals surface area contributed by atoms with Crippen LogP contribution in [0.4, 0.5) is 5.69 Å². The lowest BCUT2D eigenvalue weighted by Gasteiger charge is -2.32. The minimum absolute atomic E-state index is 0.0130. The molecule has 0 radical (unpaired) electrons. The summed E-state index contributed by atoms with van der Waals surface area (Å²) < 4.78 is 1.66. The van der Waals surface area contributed by atoms with E-state index in [0.717, 1.165) is 46.1 Å². The van der Waals surface area contributed by atoms with E-state index in [9.17, 15) is 14.4 Å². The molecular formula is C31H31N7O3. The van der Waals surface area contributed by atoms with Gasteiger partial charge in [0.2, 0.25) is 0 Å². The second-order valence-electron chi connectivity index (χ2n) is 10.5. The molecule has 10 nitrogen and oxygen atoms in total. The number of aromatic nitrogens is 3. The molecule has 1 saturated heterocycles. The lowest BCUT2D eigenvalue weighted by atomic mass is 9.93. The number of aromatic amines is 1. The number of rotatable bonds is 5. The third-order valence-corrected chi connectivity index (χ3v) is 7.95. The Morgan fingerprint density at radius 2 is 1.76 bits per heavy atom. The number of H-pyrrole nitrogens is 1. The predicted octanol–water partition coefficient (Wildman–Crippen LogP) is 3.77. The second-order valence-corrected chi connectivity index (χ2v) is 10.5. The lowest BCUT2D eigenvalue weighted by molar-refractivity contribution is 0.0664. The number of aryl methyl sites for hydroxylation is 1. The monoisotopic (exact) mass is 549 g/mol. The molecule has 6 rings (SSSR count). The van der Waals surface area contributed by atoms with Gasteiger partial charge < -0.3 is 30.4 Å². The third-order valence-electron chi connectivity index (χ3n) is 7.95. The Hall–Kier alpha value is -4.96. The van der Waals surface area contributed by atoms with Gasteiger partial charge in [-0.3, -0.25) is 14.4 Å². The van der Waals surface area contributed by atoms with Crippen LogP contribution in [-0.2, 0) is 7.05 Å². The SMILES string of the molecule is Cc1c(NC(=O)c2nccn2C)cccc1-c1ccc(C(N)=O)c2[nH]c3cc(C(=O)N4CCN(C)CC4)ccc3c12. The number of nitrogens with two attached hydrogens (primary N) is 1. The Morgan fingerprint density at radius 1 is 0.976 bits per heavy atom. The van der Waals surface area contributed by atoms with Gasteiger partial charge in [-0.1, -0.05) is 24.3 Å². The molecule has 2 aromatic heterocycles. The summed E-state index contributed by atoms with van der Waals surface area (Å²) in [6.07, 6.45) is 3.30. The van der Waals surface area contributed by atoms with E-state index in [2.05, 4.69) is 27.2 Å². The highest BCUT2D eigenvalue weighted by molar-refractivity contribution is 6.20. The van der Waals surface area contributed by atoms with Crippen molar-refractivity contribution in [2.75, 3.05) is 38.5 Å². The maximum Gasteiger partial charge on any atom is 0.291 e. The molecule has 1 fully saturated rings. The summed E-state index contributed by atoms with van der Waals surface area (Å²) in [5.41, 5.74) is 11.4. The maximum absolute atomic E-state index is 13.3. The summed E-state index contributed by atoms with van der Waals surface area (Å²) in [5, 5.41) is 4.67. The predicted molar refractivity (Wildman–Crippen MR) is 159 cm³/mol. The first kappa shape index (κ1) is 26.3. The first-order valence-electron chi connectivity index (χ1n) is 13.5. The molecule has 5 aromatic rings. The van der Waals surface area contributed by atoms with Crippen LogP contribution in [0.25, 0.3) is 32.9 Å². The molecule has 3 aromatic carbocycles. The Morgan fingerprint density at radius 3 is 2.46 bits per heavy atom. The molecule has 0 unspecified atom stereocenters. The largest absolute Gasteiger partial charge is 0.366 e. The number of likely N-dealkylation sites (N-methyl/N-ethyl adjacent to an activating group) is 1. The molecule has 3 amide bonds. The first-order chi connectivity index (χ1) is 19.7. The number of carbonyl (C=O) groups is 3. The van der Waals surface area contributed by atoms with Crippen molar-refractivity contribution >= 4 is 45.2 Å². The average Bonchev–Trinajstić information content (AvgIpc) is 3.57. The van der Waals surface area contributed by atoms with Gasteiger partial charge in [0.1, 0.15) is 0 Å². The number of nitrogens with one attached hydrogen (secondary N) is 2. The zero-order valence-corrected chi connectivity index (χ0v) is 23.2. The van der Waals surface area contributed by atoms with Crippen molar-refractivity contribution in [1.82, 2.24) is 24.3 Å². The van der Waals surface area contributed by atoms with Gasteiger partial charge in [0.05, 0.1) is 11.1 Å². The van der Waals surface area contributed by atoms with Crippen LogP contribution in [-0.4, -0.2) is 75.3 Å². The van der Waals surface area contributed by atoms with Gasteiger partial charge >= 0.3 is 0 Å². The minimum Gasteiger partial charge on any atom is -0.366 e. The molecule has 1 aliphatic rings. The molecule has 1 aliphatic heterocycles. The van der Waals surface area contributed by atoms with Crippen molar-refractivity contribution in [3.63, 3.8) is 0 Å². The highest BCUT2D eigenvalue weighted by Crippen LogP contribution is 2.39. The normalized spacial score (nSPS) is 14.1. The molecular weight excluding hydrogens is 518 g/mol. The smallest absolute Gasteiger partial charge is 0.291 e. The number of fused-ring (bicyclic) bond motifs is 3. The molecule has 10 heteroatoms. The fourth-order valence-corrected chi connectivity index (χ4v) is 5.59. The van der Waals surface area contributed by atoms with Crippen LogP contribution in [0.15, 0.2) is 60.9 Å². The summed E-state index contributed by atoms with van der Waals surface area (Å²) >= 11 is 0.